The molecule has 0 saturated heterocycles. The van der Waals surface area contributed by atoms with Gasteiger partial charge in [-0.25, -0.2) is 4.79 Å². The predicted molar refractivity (Wildman–Crippen MR) is 126 cm³/mol. The maximum absolute atomic E-state index is 12.8. The standard InChI is InChI=1S/C26H27NO7/c1-5-9-32-23(28)15-21-20-13-16(17-11-18(30-3)14-19(12-17)31-4)7-8-22(20)34-25(27)24(21)26(29)33-10-6-2/h5-8,11-14,21H,1-2,9-10,15,27H2,3-4H3. The van der Waals surface area contributed by atoms with Gasteiger partial charge in [-0.1, -0.05) is 31.4 Å². The average Bonchev–Trinajstić information content (AvgIpc) is 2.85. The monoisotopic (exact) mass is 465 g/mol. The lowest BCUT2D eigenvalue weighted by molar-refractivity contribution is -0.143. The highest BCUT2D eigenvalue weighted by molar-refractivity contribution is 5.93. The van der Waals surface area contributed by atoms with Crippen LogP contribution in [0.2, 0.25) is 0 Å². The highest BCUT2D eigenvalue weighted by atomic mass is 16.5. The Labute approximate surface area is 198 Å². The second-order valence-electron chi connectivity index (χ2n) is 7.35. The summed E-state index contributed by atoms with van der Waals surface area (Å²) in [4.78, 5) is 25.3. The molecule has 0 aliphatic carbocycles. The van der Waals surface area contributed by atoms with Crippen LogP contribution in [-0.4, -0.2) is 39.4 Å². The molecule has 0 spiro atoms. The molecule has 1 heterocycles. The Balaban J connectivity index is 2.08. The van der Waals surface area contributed by atoms with Crippen molar-refractivity contribution in [3.05, 3.63) is 78.7 Å². The van der Waals surface area contributed by atoms with E-state index >= 15 is 0 Å². The number of nitrogens with two attached hydrogens (primary N) is 1. The van der Waals surface area contributed by atoms with Crippen molar-refractivity contribution < 1.29 is 33.3 Å². The third-order valence-electron chi connectivity index (χ3n) is 5.19. The van der Waals surface area contributed by atoms with E-state index in [-0.39, 0.29) is 31.1 Å². The fourth-order valence-corrected chi connectivity index (χ4v) is 3.61. The summed E-state index contributed by atoms with van der Waals surface area (Å²) < 4.78 is 26.9. The highest BCUT2D eigenvalue weighted by Gasteiger charge is 2.36. The molecule has 8 nitrogen and oxygen atoms in total. The van der Waals surface area contributed by atoms with Crippen molar-refractivity contribution in [1.82, 2.24) is 0 Å². The number of hydrogen-bond donors (Lipinski definition) is 1. The second kappa shape index (κ2) is 11.1. The normalized spacial score (nSPS) is 14.4. The summed E-state index contributed by atoms with van der Waals surface area (Å²) in [7, 11) is 3.14. The van der Waals surface area contributed by atoms with Gasteiger partial charge in [0.15, 0.2) is 0 Å². The summed E-state index contributed by atoms with van der Waals surface area (Å²) in [6, 6.07) is 10.9. The van der Waals surface area contributed by atoms with E-state index in [2.05, 4.69) is 13.2 Å². The molecule has 0 saturated carbocycles. The highest BCUT2D eigenvalue weighted by Crippen LogP contribution is 2.43. The smallest absolute Gasteiger partial charge is 0.340 e. The van der Waals surface area contributed by atoms with Gasteiger partial charge < -0.3 is 29.4 Å². The van der Waals surface area contributed by atoms with Crippen LogP contribution in [0.1, 0.15) is 17.9 Å². The van der Waals surface area contributed by atoms with E-state index in [1.807, 2.05) is 24.3 Å². The van der Waals surface area contributed by atoms with Crippen molar-refractivity contribution in [3.63, 3.8) is 0 Å². The van der Waals surface area contributed by atoms with Crippen LogP contribution < -0.4 is 19.9 Å². The first-order valence-corrected chi connectivity index (χ1v) is 10.5. The lowest BCUT2D eigenvalue weighted by Gasteiger charge is -2.28. The van der Waals surface area contributed by atoms with Crippen molar-refractivity contribution in [2.24, 2.45) is 5.73 Å². The van der Waals surface area contributed by atoms with Gasteiger partial charge in [0.2, 0.25) is 5.88 Å². The lowest BCUT2D eigenvalue weighted by atomic mass is 9.84. The largest absolute Gasteiger partial charge is 0.497 e. The summed E-state index contributed by atoms with van der Waals surface area (Å²) in [5.41, 5.74) is 8.33. The van der Waals surface area contributed by atoms with E-state index in [4.69, 9.17) is 29.4 Å². The van der Waals surface area contributed by atoms with Crippen molar-refractivity contribution in [2.75, 3.05) is 27.4 Å². The number of esters is 2. The third-order valence-corrected chi connectivity index (χ3v) is 5.19. The second-order valence-corrected chi connectivity index (χ2v) is 7.35. The molecule has 1 aliphatic heterocycles. The van der Waals surface area contributed by atoms with Crippen LogP contribution in [0.4, 0.5) is 0 Å². The fraction of sp³-hybridized carbons (Fsp3) is 0.231. The summed E-state index contributed by atoms with van der Waals surface area (Å²) in [5, 5.41) is 0. The Bertz CT molecular complexity index is 1110. The van der Waals surface area contributed by atoms with Gasteiger partial charge >= 0.3 is 11.9 Å². The van der Waals surface area contributed by atoms with E-state index in [9.17, 15) is 9.59 Å². The van der Waals surface area contributed by atoms with E-state index < -0.39 is 17.9 Å². The molecule has 2 N–H and O–H groups in total. The minimum atomic E-state index is -0.745. The number of fused-ring (bicyclic) bond motifs is 1. The van der Waals surface area contributed by atoms with E-state index in [0.717, 1.165) is 11.1 Å². The first-order chi connectivity index (χ1) is 16.4. The average molecular weight is 466 g/mol. The molecule has 0 amide bonds. The first-order valence-electron chi connectivity index (χ1n) is 10.5. The molecule has 2 aromatic rings. The van der Waals surface area contributed by atoms with Crippen LogP contribution in [0.25, 0.3) is 11.1 Å². The molecule has 8 heteroatoms. The number of methoxy groups -OCH3 is 2. The van der Waals surface area contributed by atoms with Crippen molar-refractivity contribution >= 4 is 11.9 Å². The zero-order chi connectivity index (χ0) is 24.7. The SMILES string of the molecule is C=CCOC(=O)CC1C(C(=O)OCC=C)=C(N)Oc2ccc(-c3cc(OC)cc(OC)c3)cc21. The zero-order valence-electron chi connectivity index (χ0n) is 19.2. The fourth-order valence-electron chi connectivity index (χ4n) is 3.61. The molecule has 1 unspecified atom stereocenters. The molecular weight excluding hydrogens is 438 g/mol. The van der Waals surface area contributed by atoms with Gasteiger partial charge in [-0.15, -0.1) is 0 Å². The maximum Gasteiger partial charge on any atom is 0.340 e. The molecule has 0 fully saturated rings. The van der Waals surface area contributed by atoms with Gasteiger partial charge in [0.1, 0.15) is 36.0 Å². The van der Waals surface area contributed by atoms with Gasteiger partial charge in [0.05, 0.1) is 20.6 Å². The Morgan fingerprint density at radius 1 is 0.971 bits per heavy atom. The van der Waals surface area contributed by atoms with E-state index in [1.165, 1.54) is 12.2 Å². The van der Waals surface area contributed by atoms with Crippen molar-refractivity contribution in [3.8, 4) is 28.4 Å². The minimum absolute atomic E-state index is 0.0141. The summed E-state index contributed by atoms with van der Waals surface area (Å²) in [6.45, 7) is 7.13. The number of ether oxygens (including phenoxy) is 5. The predicted octanol–water partition coefficient (Wildman–Crippen LogP) is 3.87. The third kappa shape index (κ3) is 5.40. The summed E-state index contributed by atoms with van der Waals surface area (Å²) >= 11 is 0. The molecule has 0 aromatic heterocycles. The molecule has 34 heavy (non-hydrogen) atoms. The molecule has 0 radical (unpaired) electrons. The Morgan fingerprint density at radius 2 is 1.62 bits per heavy atom. The molecule has 1 atom stereocenters. The molecule has 3 rings (SSSR count). The van der Waals surface area contributed by atoms with Gasteiger partial charge in [0.25, 0.3) is 0 Å². The molecular formula is C26H27NO7. The Hall–Kier alpha value is -4.20. The zero-order valence-corrected chi connectivity index (χ0v) is 19.2. The van der Waals surface area contributed by atoms with Crippen LogP contribution in [0.3, 0.4) is 0 Å². The Morgan fingerprint density at radius 3 is 2.24 bits per heavy atom. The number of carbonyl (C=O) groups excluding carboxylic acids is 2. The van der Waals surface area contributed by atoms with E-state index in [0.29, 0.717) is 22.8 Å². The van der Waals surface area contributed by atoms with Crippen LogP contribution in [0.15, 0.2) is 73.2 Å². The number of hydrogen-bond acceptors (Lipinski definition) is 8. The maximum atomic E-state index is 12.8. The van der Waals surface area contributed by atoms with Gasteiger partial charge in [0, 0.05) is 17.5 Å². The van der Waals surface area contributed by atoms with Crippen LogP contribution in [0, 0.1) is 0 Å². The summed E-state index contributed by atoms with van der Waals surface area (Å²) in [5.74, 6) is -0.426. The van der Waals surface area contributed by atoms with Crippen LogP contribution in [0.5, 0.6) is 17.2 Å². The van der Waals surface area contributed by atoms with Crippen LogP contribution >= 0.6 is 0 Å². The van der Waals surface area contributed by atoms with Crippen LogP contribution in [-0.2, 0) is 19.1 Å². The Kier molecular flexibility index (Phi) is 7.97. The summed E-state index contributed by atoms with van der Waals surface area (Å²) in [6.07, 6.45) is 2.76. The van der Waals surface area contributed by atoms with Crippen molar-refractivity contribution in [2.45, 2.75) is 12.3 Å². The lowest BCUT2D eigenvalue weighted by Crippen LogP contribution is -2.28. The first kappa shape index (κ1) is 24.4. The van der Waals surface area contributed by atoms with E-state index in [1.54, 1.807) is 26.4 Å². The quantitative estimate of drug-likeness (QED) is 0.416. The number of rotatable bonds is 10. The van der Waals surface area contributed by atoms with Gasteiger partial charge in [-0.2, -0.15) is 0 Å². The van der Waals surface area contributed by atoms with Gasteiger partial charge in [-0.3, -0.25) is 4.79 Å². The molecule has 2 aromatic carbocycles. The van der Waals surface area contributed by atoms with Crippen molar-refractivity contribution in [1.29, 1.82) is 0 Å². The molecule has 1 aliphatic rings. The molecule has 0 bridgehead atoms. The number of benzene rings is 2. The topological polar surface area (TPSA) is 106 Å². The molecule has 178 valence electrons. The minimum Gasteiger partial charge on any atom is -0.497 e. The van der Waals surface area contributed by atoms with Gasteiger partial charge in [-0.05, 0) is 35.4 Å². The number of carbonyl (C=O) groups is 2.